The monoisotopic (exact) mass is 431 g/mol. The molecule has 0 bridgehead atoms. The Morgan fingerprint density at radius 3 is 2.58 bits per heavy atom. The predicted molar refractivity (Wildman–Crippen MR) is 126 cm³/mol. The van der Waals surface area contributed by atoms with Crippen LogP contribution in [-0.4, -0.2) is 41.1 Å². The molecule has 2 heterocycles. The van der Waals surface area contributed by atoms with Gasteiger partial charge in [-0.05, 0) is 55.3 Å². The first-order valence-electron chi connectivity index (χ1n) is 10.8. The first-order chi connectivity index (χ1) is 15.2. The van der Waals surface area contributed by atoms with Gasteiger partial charge in [-0.15, -0.1) is 0 Å². The number of halogens is 1. The van der Waals surface area contributed by atoms with Gasteiger partial charge in [-0.2, -0.15) is 0 Å². The fraction of sp³-hybridized carbons (Fsp3) is 0.269. The molecule has 4 nitrogen and oxygen atoms in total. The number of fused-ring (bicyclic) bond motifs is 1. The molecule has 4 aromatic rings. The highest BCUT2D eigenvalue weighted by molar-refractivity contribution is 6.33. The number of para-hydroxylation sites is 2. The molecule has 31 heavy (non-hydrogen) atoms. The maximum absolute atomic E-state index is 6.71. The van der Waals surface area contributed by atoms with Crippen molar-refractivity contribution in [2.75, 3.05) is 20.1 Å². The van der Waals surface area contributed by atoms with Gasteiger partial charge in [-0.25, -0.2) is 4.98 Å². The molecule has 5 heteroatoms. The van der Waals surface area contributed by atoms with Crippen LogP contribution in [0.4, 0.5) is 0 Å². The van der Waals surface area contributed by atoms with Crippen LogP contribution in [0.25, 0.3) is 22.2 Å². The van der Waals surface area contributed by atoms with Gasteiger partial charge < -0.3 is 14.6 Å². The second-order valence-electron chi connectivity index (χ2n) is 8.26. The normalized spacial score (nSPS) is 16.6. The summed E-state index contributed by atoms with van der Waals surface area (Å²) < 4.78 is 6.71. The number of aromatic nitrogens is 2. The van der Waals surface area contributed by atoms with Gasteiger partial charge in [0.15, 0.2) is 0 Å². The third-order valence-electron chi connectivity index (χ3n) is 6.02. The van der Waals surface area contributed by atoms with E-state index in [1.54, 1.807) is 0 Å². The van der Waals surface area contributed by atoms with Crippen LogP contribution in [0.2, 0.25) is 5.02 Å². The minimum atomic E-state index is -0.261. The van der Waals surface area contributed by atoms with Gasteiger partial charge >= 0.3 is 0 Å². The number of piperidine rings is 1. The highest BCUT2D eigenvalue weighted by atomic mass is 35.5. The lowest BCUT2D eigenvalue weighted by Crippen LogP contribution is -2.35. The third kappa shape index (κ3) is 4.38. The average molecular weight is 432 g/mol. The second-order valence-corrected chi connectivity index (χ2v) is 8.67. The maximum atomic E-state index is 6.71. The van der Waals surface area contributed by atoms with Crippen LogP contribution in [0.5, 0.6) is 0 Å². The molecule has 0 aliphatic carbocycles. The summed E-state index contributed by atoms with van der Waals surface area (Å²) >= 11 is 6.48. The summed E-state index contributed by atoms with van der Waals surface area (Å²) in [6, 6.07) is 24.5. The Balaban J connectivity index is 1.54. The number of nitrogens with zero attached hydrogens (tertiary/aromatic N) is 2. The lowest BCUT2D eigenvalue weighted by molar-refractivity contribution is -0.0264. The number of benzene rings is 3. The van der Waals surface area contributed by atoms with E-state index in [-0.39, 0.29) is 12.2 Å². The summed E-state index contributed by atoms with van der Waals surface area (Å²) in [5.41, 5.74) is 5.16. The summed E-state index contributed by atoms with van der Waals surface area (Å²) in [7, 11) is 2.17. The van der Waals surface area contributed by atoms with Gasteiger partial charge in [0.2, 0.25) is 0 Å². The molecular weight excluding hydrogens is 406 g/mol. The van der Waals surface area contributed by atoms with Crippen molar-refractivity contribution in [2.24, 2.45) is 0 Å². The molecule has 1 unspecified atom stereocenters. The molecule has 1 aliphatic rings. The fourth-order valence-electron chi connectivity index (χ4n) is 4.28. The van der Waals surface area contributed by atoms with Crippen LogP contribution >= 0.6 is 11.6 Å². The number of aromatic amines is 1. The Kier molecular flexibility index (Phi) is 5.77. The van der Waals surface area contributed by atoms with E-state index < -0.39 is 0 Å². The van der Waals surface area contributed by atoms with Crippen molar-refractivity contribution in [2.45, 2.75) is 25.0 Å². The topological polar surface area (TPSA) is 41.1 Å². The van der Waals surface area contributed by atoms with E-state index >= 15 is 0 Å². The average Bonchev–Trinajstić information content (AvgIpc) is 3.23. The van der Waals surface area contributed by atoms with Crippen molar-refractivity contribution in [3.63, 3.8) is 0 Å². The summed E-state index contributed by atoms with van der Waals surface area (Å²) in [6.07, 6.45) is 2.00. The highest BCUT2D eigenvalue weighted by Crippen LogP contribution is 2.34. The standard InChI is InChI=1S/C26H26ClN3O/c1-30-15-13-20(14-16-30)31-25(26-28-23-11-4-5-12-24(23)29-26)19-8-6-7-18(17-19)21-9-2-3-10-22(21)27/h2-12,17,20,25H,13-16H2,1H3,(H,28,29). The van der Waals surface area contributed by atoms with E-state index in [1.165, 1.54) is 0 Å². The second kappa shape index (κ2) is 8.83. The predicted octanol–water partition coefficient (Wildman–Crippen LogP) is 6.08. The van der Waals surface area contributed by atoms with Crippen molar-refractivity contribution in [3.05, 3.63) is 89.2 Å². The van der Waals surface area contributed by atoms with E-state index in [2.05, 4.69) is 53.3 Å². The Bertz CT molecular complexity index is 1150. The van der Waals surface area contributed by atoms with Gasteiger partial charge in [-0.3, -0.25) is 0 Å². The van der Waals surface area contributed by atoms with Crippen molar-refractivity contribution >= 4 is 22.6 Å². The molecule has 0 spiro atoms. The van der Waals surface area contributed by atoms with Crippen LogP contribution in [0.15, 0.2) is 72.8 Å². The van der Waals surface area contributed by atoms with Crippen LogP contribution < -0.4 is 0 Å². The first-order valence-corrected chi connectivity index (χ1v) is 11.2. The Labute approximate surface area is 187 Å². The molecule has 5 rings (SSSR count). The van der Waals surface area contributed by atoms with Gasteiger partial charge in [0.05, 0.1) is 17.1 Å². The number of nitrogens with one attached hydrogen (secondary N) is 1. The van der Waals surface area contributed by atoms with Crippen molar-refractivity contribution in [3.8, 4) is 11.1 Å². The molecule has 0 radical (unpaired) electrons. The molecule has 1 aromatic heterocycles. The van der Waals surface area contributed by atoms with Crippen LogP contribution in [0.1, 0.15) is 30.3 Å². The van der Waals surface area contributed by atoms with E-state index in [0.29, 0.717) is 0 Å². The molecule has 3 aromatic carbocycles. The number of imidazole rings is 1. The number of ether oxygens (including phenoxy) is 1. The molecule has 0 saturated carbocycles. The molecule has 1 aliphatic heterocycles. The Hall–Kier alpha value is -2.66. The highest BCUT2D eigenvalue weighted by Gasteiger charge is 2.26. The molecule has 1 fully saturated rings. The molecule has 158 valence electrons. The zero-order chi connectivity index (χ0) is 21.2. The number of H-pyrrole nitrogens is 1. The molecular formula is C26H26ClN3O. The van der Waals surface area contributed by atoms with Crippen molar-refractivity contribution in [1.29, 1.82) is 0 Å². The van der Waals surface area contributed by atoms with Crippen LogP contribution in [-0.2, 0) is 4.74 Å². The lowest BCUT2D eigenvalue weighted by atomic mass is 9.99. The first kappa shape index (κ1) is 20.3. The zero-order valence-corrected chi connectivity index (χ0v) is 18.3. The van der Waals surface area contributed by atoms with Crippen molar-refractivity contribution < 1.29 is 4.74 Å². The van der Waals surface area contributed by atoms with E-state index in [1.807, 2.05) is 36.4 Å². The van der Waals surface area contributed by atoms with E-state index in [9.17, 15) is 0 Å². The van der Waals surface area contributed by atoms with Crippen LogP contribution in [0.3, 0.4) is 0 Å². The Morgan fingerprint density at radius 1 is 1.00 bits per heavy atom. The molecule has 1 saturated heterocycles. The molecule has 1 atom stereocenters. The number of hydrogen-bond acceptors (Lipinski definition) is 3. The van der Waals surface area contributed by atoms with Gasteiger partial charge in [0.1, 0.15) is 11.9 Å². The largest absolute Gasteiger partial charge is 0.362 e. The van der Waals surface area contributed by atoms with Crippen molar-refractivity contribution in [1.82, 2.24) is 14.9 Å². The van der Waals surface area contributed by atoms with Gasteiger partial charge in [-0.1, -0.05) is 60.1 Å². The summed E-state index contributed by atoms with van der Waals surface area (Å²) in [5.74, 6) is 0.844. The van der Waals surface area contributed by atoms with E-state index in [0.717, 1.165) is 64.5 Å². The Morgan fingerprint density at radius 2 is 1.77 bits per heavy atom. The molecule has 0 amide bonds. The SMILES string of the molecule is CN1CCC(OC(c2cccc(-c3ccccc3Cl)c2)c2nc3ccccc3[nH]2)CC1. The minimum Gasteiger partial charge on any atom is -0.362 e. The lowest BCUT2D eigenvalue weighted by Gasteiger charge is -2.31. The smallest absolute Gasteiger partial charge is 0.141 e. The van der Waals surface area contributed by atoms with Gasteiger partial charge in [0.25, 0.3) is 0 Å². The molecule has 1 N–H and O–H groups in total. The number of likely N-dealkylation sites (tertiary alicyclic amines) is 1. The maximum Gasteiger partial charge on any atom is 0.141 e. The van der Waals surface area contributed by atoms with Gasteiger partial charge in [0, 0.05) is 23.7 Å². The summed E-state index contributed by atoms with van der Waals surface area (Å²) in [4.78, 5) is 10.7. The minimum absolute atomic E-state index is 0.207. The number of rotatable bonds is 5. The summed E-state index contributed by atoms with van der Waals surface area (Å²) in [6.45, 7) is 2.11. The number of hydrogen-bond donors (Lipinski definition) is 1. The van der Waals surface area contributed by atoms with Crippen LogP contribution in [0, 0.1) is 0 Å². The summed E-state index contributed by atoms with van der Waals surface area (Å²) in [5, 5.41) is 0.746. The third-order valence-corrected chi connectivity index (χ3v) is 6.35. The zero-order valence-electron chi connectivity index (χ0n) is 17.6. The fourth-order valence-corrected chi connectivity index (χ4v) is 4.52. The quantitative estimate of drug-likeness (QED) is 0.416. The van der Waals surface area contributed by atoms with E-state index in [4.69, 9.17) is 21.3 Å².